The highest BCUT2D eigenvalue weighted by atomic mass is 35.5. The molecule has 6 N–H and O–H groups in total. The molecule has 3 aromatic carbocycles. The summed E-state index contributed by atoms with van der Waals surface area (Å²) in [5.74, 6) is 1.86. The molecular formula is C30H39ClN6O2. The number of amidine groups is 2. The molecule has 0 spiro atoms. The lowest BCUT2D eigenvalue weighted by Crippen LogP contribution is -2.47. The zero-order chi connectivity index (χ0) is 26.7. The second-order valence-corrected chi connectivity index (χ2v) is 9.54. The van der Waals surface area contributed by atoms with Crippen molar-refractivity contribution in [1.29, 1.82) is 10.8 Å². The molecule has 1 fully saturated rings. The summed E-state index contributed by atoms with van der Waals surface area (Å²) in [4.78, 5) is 5.02. The average Bonchev–Trinajstić information content (AvgIpc) is 2.95. The molecule has 1 saturated heterocycles. The Labute approximate surface area is 237 Å². The van der Waals surface area contributed by atoms with Crippen molar-refractivity contribution in [2.45, 2.75) is 12.8 Å². The Kier molecular flexibility index (Phi) is 11.6. The molecule has 3 aromatic rings. The van der Waals surface area contributed by atoms with Crippen molar-refractivity contribution in [2.75, 3.05) is 52.5 Å². The van der Waals surface area contributed by atoms with Crippen LogP contribution in [-0.2, 0) is 0 Å². The second kappa shape index (κ2) is 15.1. The molecule has 208 valence electrons. The van der Waals surface area contributed by atoms with Gasteiger partial charge in [0.15, 0.2) is 0 Å². The molecule has 0 aliphatic carbocycles. The van der Waals surface area contributed by atoms with Gasteiger partial charge in [-0.3, -0.25) is 10.8 Å². The van der Waals surface area contributed by atoms with E-state index in [0.29, 0.717) is 18.8 Å². The van der Waals surface area contributed by atoms with Gasteiger partial charge in [0.05, 0.1) is 13.2 Å². The lowest BCUT2D eigenvalue weighted by atomic mass is 10.0. The van der Waals surface area contributed by atoms with Crippen LogP contribution in [0.15, 0.2) is 72.8 Å². The third-order valence-corrected chi connectivity index (χ3v) is 6.79. The number of ether oxygens (including phenoxy) is 2. The molecule has 0 aromatic heterocycles. The minimum atomic E-state index is 0. The van der Waals surface area contributed by atoms with E-state index in [-0.39, 0.29) is 24.1 Å². The first-order valence-corrected chi connectivity index (χ1v) is 13.2. The zero-order valence-electron chi connectivity index (χ0n) is 22.3. The number of nitrogen functional groups attached to an aromatic ring is 2. The van der Waals surface area contributed by atoms with E-state index in [1.165, 1.54) is 0 Å². The van der Waals surface area contributed by atoms with Gasteiger partial charge in [-0.25, -0.2) is 0 Å². The number of nitrogens with two attached hydrogens (primary N) is 2. The summed E-state index contributed by atoms with van der Waals surface area (Å²) in [5, 5.41) is 15.0. The molecule has 1 aliphatic heterocycles. The van der Waals surface area contributed by atoms with E-state index in [1.54, 1.807) is 0 Å². The van der Waals surface area contributed by atoms with Crippen molar-refractivity contribution >= 4 is 24.1 Å². The van der Waals surface area contributed by atoms with Gasteiger partial charge in [0, 0.05) is 50.4 Å². The fourth-order valence-electron chi connectivity index (χ4n) is 4.51. The summed E-state index contributed by atoms with van der Waals surface area (Å²) >= 11 is 0. The minimum Gasteiger partial charge on any atom is -0.494 e. The quantitative estimate of drug-likeness (QED) is 0.144. The molecule has 0 unspecified atom stereocenters. The van der Waals surface area contributed by atoms with Gasteiger partial charge >= 0.3 is 0 Å². The number of nitrogens with one attached hydrogen (secondary N) is 2. The van der Waals surface area contributed by atoms with Crippen molar-refractivity contribution in [1.82, 2.24) is 9.80 Å². The van der Waals surface area contributed by atoms with E-state index in [4.69, 9.17) is 31.8 Å². The number of hydrogen-bond acceptors (Lipinski definition) is 6. The molecule has 4 rings (SSSR count). The normalized spacial score (nSPS) is 13.8. The molecule has 0 bridgehead atoms. The standard InChI is InChI=1S/C30H38N6O2.ClH/c31-29(32)25-5-3-23(4-6-25)24-7-11-27(12-8-24)37-21-1-15-35-17-19-36(20-18-35)16-2-22-38-28-13-9-26(10-14-28)30(33)34;/h3-14H,1-2,15-22H2,(H3,31,32)(H3,33,34);1H. The molecule has 0 amide bonds. The highest BCUT2D eigenvalue weighted by Crippen LogP contribution is 2.23. The van der Waals surface area contributed by atoms with Crippen LogP contribution in [0.3, 0.4) is 0 Å². The largest absolute Gasteiger partial charge is 0.494 e. The van der Waals surface area contributed by atoms with Crippen molar-refractivity contribution in [3.63, 3.8) is 0 Å². The first kappa shape index (κ1) is 30.0. The molecule has 39 heavy (non-hydrogen) atoms. The van der Waals surface area contributed by atoms with Crippen LogP contribution < -0.4 is 20.9 Å². The third kappa shape index (κ3) is 9.28. The van der Waals surface area contributed by atoms with Crippen molar-refractivity contribution in [3.8, 4) is 22.6 Å². The SMILES string of the molecule is Cl.N=C(N)c1ccc(OCCCN2CCN(CCCOc3ccc(-c4ccc(C(=N)N)cc4)cc3)CC2)cc1. The summed E-state index contributed by atoms with van der Waals surface area (Å²) < 4.78 is 11.8. The zero-order valence-corrected chi connectivity index (χ0v) is 23.1. The number of rotatable bonds is 13. The highest BCUT2D eigenvalue weighted by Gasteiger charge is 2.16. The van der Waals surface area contributed by atoms with Gasteiger partial charge < -0.3 is 30.7 Å². The number of nitrogens with zero attached hydrogens (tertiary/aromatic N) is 2. The highest BCUT2D eigenvalue weighted by molar-refractivity contribution is 5.95. The van der Waals surface area contributed by atoms with Gasteiger partial charge in [-0.1, -0.05) is 36.4 Å². The lowest BCUT2D eigenvalue weighted by molar-refractivity contribution is 0.120. The maximum atomic E-state index is 7.51. The van der Waals surface area contributed by atoms with Gasteiger partial charge in [-0.05, 0) is 60.4 Å². The molecule has 0 radical (unpaired) electrons. The summed E-state index contributed by atoms with van der Waals surface area (Å²) in [5.41, 5.74) is 14.7. The molecule has 8 nitrogen and oxygen atoms in total. The van der Waals surface area contributed by atoms with Crippen LogP contribution in [0.1, 0.15) is 24.0 Å². The Hall–Kier alpha value is -3.59. The fraction of sp³-hybridized carbons (Fsp3) is 0.333. The van der Waals surface area contributed by atoms with E-state index in [0.717, 1.165) is 80.3 Å². The van der Waals surface area contributed by atoms with Crippen molar-refractivity contribution in [2.24, 2.45) is 11.5 Å². The molecular weight excluding hydrogens is 512 g/mol. The van der Waals surface area contributed by atoms with Gasteiger partial charge in [-0.15, -0.1) is 12.4 Å². The predicted molar refractivity (Wildman–Crippen MR) is 161 cm³/mol. The van der Waals surface area contributed by atoms with Crippen molar-refractivity contribution in [3.05, 3.63) is 83.9 Å². The van der Waals surface area contributed by atoms with Gasteiger partial charge in [0.2, 0.25) is 0 Å². The number of piperazine rings is 1. The number of benzene rings is 3. The van der Waals surface area contributed by atoms with Gasteiger partial charge in [0.25, 0.3) is 0 Å². The van der Waals surface area contributed by atoms with Gasteiger partial charge in [-0.2, -0.15) is 0 Å². The monoisotopic (exact) mass is 550 g/mol. The molecule has 0 atom stereocenters. The van der Waals surface area contributed by atoms with Gasteiger partial charge in [0.1, 0.15) is 23.2 Å². The van der Waals surface area contributed by atoms with Crippen LogP contribution in [-0.4, -0.2) is 74.0 Å². The maximum absolute atomic E-state index is 7.51. The Morgan fingerprint density at radius 2 is 0.923 bits per heavy atom. The van der Waals surface area contributed by atoms with E-state index >= 15 is 0 Å². The maximum Gasteiger partial charge on any atom is 0.122 e. The van der Waals surface area contributed by atoms with Crippen LogP contribution in [0.5, 0.6) is 11.5 Å². The van der Waals surface area contributed by atoms with Crippen LogP contribution in [0.25, 0.3) is 11.1 Å². The van der Waals surface area contributed by atoms with E-state index < -0.39 is 0 Å². The smallest absolute Gasteiger partial charge is 0.122 e. The predicted octanol–water partition coefficient (Wildman–Crippen LogP) is 4.20. The van der Waals surface area contributed by atoms with Crippen molar-refractivity contribution < 1.29 is 9.47 Å². The summed E-state index contributed by atoms with van der Waals surface area (Å²) in [6, 6.07) is 23.2. The third-order valence-electron chi connectivity index (χ3n) is 6.79. The molecule has 1 aliphatic rings. The Morgan fingerprint density at radius 1 is 0.590 bits per heavy atom. The first-order valence-electron chi connectivity index (χ1n) is 13.2. The lowest BCUT2D eigenvalue weighted by Gasteiger charge is -2.34. The number of halogens is 1. The Morgan fingerprint density at radius 3 is 1.31 bits per heavy atom. The van der Waals surface area contributed by atoms with Crippen LogP contribution >= 0.6 is 12.4 Å². The van der Waals surface area contributed by atoms with Crippen LogP contribution in [0.4, 0.5) is 0 Å². The van der Waals surface area contributed by atoms with E-state index in [9.17, 15) is 0 Å². The summed E-state index contributed by atoms with van der Waals surface area (Å²) in [6.07, 6.45) is 2.00. The van der Waals surface area contributed by atoms with Crippen LogP contribution in [0, 0.1) is 10.8 Å². The second-order valence-electron chi connectivity index (χ2n) is 9.54. The minimum absolute atomic E-state index is 0. The Balaban J connectivity index is 0.00000420. The average molecular weight is 551 g/mol. The Bertz CT molecular complexity index is 1180. The molecule has 1 heterocycles. The molecule has 0 saturated carbocycles. The topological polar surface area (TPSA) is 125 Å². The van der Waals surface area contributed by atoms with E-state index in [1.807, 2.05) is 60.7 Å². The molecule has 9 heteroatoms. The summed E-state index contributed by atoms with van der Waals surface area (Å²) in [6.45, 7) is 7.83. The first-order chi connectivity index (χ1) is 18.5. The fourth-order valence-corrected chi connectivity index (χ4v) is 4.51. The summed E-state index contributed by atoms with van der Waals surface area (Å²) in [7, 11) is 0. The van der Waals surface area contributed by atoms with Crippen LogP contribution in [0.2, 0.25) is 0 Å². The number of hydrogen-bond donors (Lipinski definition) is 4. The van der Waals surface area contributed by atoms with E-state index in [2.05, 4.69) is 21.9 Å².